The summed E-state index contributed by atoms with van der Waals surface area (Å²) in [7, 11) is 0. The van der Waals surface area contributed by atoms with Gasteiger partial charge in [0.05, 0.1) is 0 Å². The number of hydrogen-bond acceptors (Lipinski definition) is 1. The van der Waals surface area contributed by atoms with E-state index in [4.69, 9.17) is 0 Å². The molecule has 0 amide bonds. The van der Waals surface area contributed by atoms with Crippen LogP contribution in [-0.4, -0.2) is 12.6 Å². The van der Waals surface area contributed by atoms with E-state index >= 15 is 0 Å². The van der Waals surface area contributed by atoms with E-state index in [1.54, 1.807) is 0 Å². The van der Waals surface area contributed by atoms with Gasteiger partial charge in [-0.15, -0.1) is 0 Å². The Morgan fingerprint density at radius 3 is 2.13 bits per heavy atom. The van der Waals surface area contributed by atoms with Crippen molar-refractivity contribution in [3.63, 3.8) is 0 Å². The van der Waals surface area contributed by atoms with Gasteiger partial charge in [-0.3, -0.25) is 0 Å². The molecule has 1 N–H and O–H groups in total. The smallest absolute Gasteiger partial charge is 0.00106 e. The predicted octanol–water partition coefficient (Wildman–Crippen LogP) is 3.98. The average Bonchev–Trinajstić information content (AvgIpc) is 2.61. The number of hydrogen-bond donors (Lipinski definition) is 1. The van der Waals surface area contributed by atoms with Crippen LogP contribution in [0, 0.1) is 11.3 Å². The summed E-state index contributed by atoms with van der Waals surface area (Å²) in [5, 5.41) is 3.65. The van der Waals surface area contributed by atoms with E-state index in [2.05, 4.69) is 33.0 Å². The molecule has 0 aliphatic heterocycles. The van der Waals surface area contributed by atoms with Crippen LogP contribution in [0.3, 0.4) is 0 Å². The molecule has 15 heavy (non-hydrogen) atoms. The molecule has 1 heteroatoms. The second-order valence-corrected chi connectivity index (χ2v) is 6.18. The maximum atomic E-state index is 3.65. The van der Waals surface area contributed by atoms with E-state index in [0.717, 1.165) is 5.92 Å². The van der Waals surface area contributed by atoms with Crippen LogP contribution in [0.5, 0.6) is 0 Å². The van der Waals surface area contributed by atoms with Crippen LogP contribution < -0.4 is 5.32 Å². The van der Waals surface area contributed by atoms with Crippen molar-refractivity contribution in [1.82, 2.24) is 5.32 Å². The Labute approximate surface area is 96.0 Å². The van der Waals surface area contributed by atoms with Crippen molar-refractivity contribution in [1.29, 1.82) is 0 Å². The predicted molar refractivity (Wildman–Crippen MR) is 68.1 cm³/mol. The van der Waals surface area contributed by atoms with Gasteiger partial charge in [0, 0.05) is 12.6 Å². The van der Waals surface area contributed by atoms with E-state index in [1.807, 2.05) is 0 Å². The van der Waals surface area contributed by atoms with Crippen LogP contribution in [0.25, 0.3) is 0 Å². The summed E-state index contributed by atoms with van der Waals surface area (Å²) >= 11 is 0. The zero-order chi connectivity index (χ0) is 11.3. The molecule has 0 aromatic heterocycles. The summed E-state index contributed by atoms with van der Waals surface area (Å²) in [6.07, 6.45) is 8.67. The van der Waals surface area contributed by atoms with Gasteiger partial charge in [-0.25, -0.2) is 0 Å². The number of nitrogens with one attached hydrogen (secondary N) is 1. The Bertz CT molecular complexity index is 152. The fourth-order valence-electron chi connectivity index (χ4n) is 2.66. The topological polar surface area (TPSA) is 12.0 Å². The average molecular weight is 211 g/mol. The van der Waals surface area contributed by atoms with Gasteiger partial charge in [-0.2, -0.15) is 0 Å². The summed E-state index contributed by atoms with van der Waals surface area (Å²) in [5.74, 6) is 0.863. The van der Waals surface area contributed by atoms with E-state index in [-0.39, 0.29) is 0 Å². The highest BCUT2D eigenvalue weighted by Crippen LogP contribution is 2.42. The molecular formula is C14H29N. The second kappa shape index (κ2) is 5.89. The molecule has 1 aliphatic rings. The Hall–Kier alpha value is -0.0400. The van der Waals surface area contributed by atoms with Crippen molar-refractivity contribution in [2.24, 2.45) is 11.3 Å². The molecular weight excluding hydrogens is 182 g/mol. The molecule has 0 saturated heterocycles. The highest BCUT2D eigenvalue weighted by molar-refractivity contribution is 4.87. The van der Waals surface area contributed by atoms with Crippen molar-refractivity contribution in [3.8, 4) is 0 Å². The second-order valence-electron chi connectivity index (χ2n) is 6.18. The van der Waals surface area contributed by atoms with E-state index in [9.17, 15) is 0 Å². The lowest BCUT2D eigenvalue weighted by atomic mass is 9.79. The highest BCUT2D eigenvalue weighted by atomic mass is 14.9. The first kappa shape index (κ1) is 13.0. The quantitative estimate of drug-likeness (QED) is 0.700. The molecule has 1 aliphatic carbocycles. The molecule has 0 bridgehead atoms. The zero-order valence-corrected chi connectivity index (χ0v) is 11.1. The highest BCUT2D eigenvalue weighted by Gasteiger charge is 2.33. The van der Waals surface area contributed by atoms with Gasteiger partial charge in [0.1, 0.15) is 0 Å². The first-order chi connectivity index (χ1) is 7.04. The van der Waals surface area contributed by atoms with E-state index in [0.29, 0.717) is 11.5 Å². The molecule has 0 atom stereocenters. The molecule has 0 radical (unpaired) electrons. The molecule has 90 valence electrons. The lowest BCUT2D eigenvalue weighted by Gasteiger charge is -2.31. The van der Waals surface area contributed by atoms with Crippen LogP contribution in [0.1, 0.15) is 66.2 Å². The van der Waals surface area contributed by atoms with Crippen molar-refractivity contribution in [3.05, 3.63) is 0 Å². The minimum Gasteiger partial charge on any atom is -0.314 e. The van der Waals surface area contributed by atoms with Gasteiger partial charge in [-0.05, 0) is 30.6 Å². The molecule has 1 nitrogen and oxygen atoms in total. The number of rotatable bonds is 6. The summed E-state index contributed by atoms with van der Waals surface area (Å²) < 4.78 is 0. The lowest BCUT2D eigenvalue weighted by Crippen LogP contribution is -2.36. The minimum absolute atomic E-state index is 0.640. The van der Waals surface area contributed by atoms with Gasteiger partial charge >= 0.3 is 0 Å². The molecule has 1 fully saturated rings. The normalized spacial score (nSPS) is 20.4. The molecule has 1 rings (SSSR count). The maximum absolute atomic E-state index is 3.65. The lowest BCUT2D eigenvalue weighted by molar-refractivity contribution is 0.232. The van der Waals surface area contributed by atoms with Crippen molar-refractivity contribution < 1.29 is 0 Å². The first-order valence-corrected chi connectivity index (χ1v) is 6.77. The van der Waals surface area contributed by atoms with Gasteiger partial charge < -0.3 is 5.32 Å². The van der Waals surface area contributed by atoms with Crippen LogP contribution in [0.2, 0.25) is 0 Å². The molecule has 0 aromatic rings. The third-order valence-corrected chi connectivity index (χ3v) is 3.80. The van der Waals surface area contributed by atoms with E-state index < -0.39 is 0 Å². The van der Waals surface area contributed by atoms with Crippen molar-refractivity contribution in [2.45, 2.75) is 72.3 Å². The summed E-state index contributed by atoms with van der Waals surface area (Å²) in [5.41, 5.74) is 0.647. The van der Waals surface area contributed by atoms with Crippen molar-refractivity contribution in [2.75, 3.05) is 6.54 Å². The van der Waals surface area contributed by atoms with Gasteiger partial charge in [0.2, 0.25) is 0 Å². The van der Waals surface area contributed by atoms with Gasteiger partial charge in [0.15, 0.2) is 0 Å². The molecule has 0 aromatic carbocycles. The summed E-state index contributed by atoms with van der Waals surface area (Å²) in [6, 6.07) is 0.640. The Morgan fingerprint density at radius 1 is 1.07 bits per heavy atom. The zero-order valence-electron chi connectivity index (χ0n) is 11.1. The first-order valence-electron chi connectivity index (χ1n) is 6.77. The van der Waals surface area contributed by atoms with Crippen LogP contribution in [0.15, 0.2) is 0 Å². The Kier molecular flexibility index (Phi) is 5.11. The molecule has 1 saturated carbocycles. The van der Waals surface area contributed by atoms with Crippen LogP contribution in [0.4, 0.5) is 0 Å². The van der Waals surface area contributed by atoms with Gasteiger partial charge in [0.25, 0.3) is 0 Å². The monoisotopic (exact) mass is 211 g/mol. The van der Waals surface area contributed by atoms with Crippen LogP contribution in [-0.2, 0) is 0 Å². The fraction of sp³-hybridized carbons (Fsp3) is 1.00. The standard InChI is InChI=1S/C14H29N/c1-12(2)7-10-14(8-5-6-9-14)11-15-13(3)4/h12-13,15H,5-11H2,1-4H3. The Morgan fingerprint density at radius 2 is 1.67 bits per heavy atom. The third-order valence-electron chi connectivity index (χ3n) is 3.80. The van der Waals surface area contributed by atoms with Gasteiger partial charge in [-0.1, -0.05) is 47.0 Å². The van der Waals surface area contributed by atoms with E-state index in [1.165, 1.54) is 45.1 Å². The maximum Gasteiger partial charge on any atom is 0.00106 e. The summed E-state index contributed by atoms with van der Waals surface area (Å²) in [6.45, 7) is 10.4. The van der Waals surface area contributed by atoms with Crippen LogP contribution >= 0.6 is 0 Å². The summed E-state index contributed by atoms with van der Waals surface area (Å²) in [4.78, 5) is 0. The molecule has 0 heterocycles. The van der Waals surface area contributed by atoms with Crippen molar-refractivity contribution >= 4 is 0 Å². The fourth-order valence-corrected chi connectivity index (χ4v) is 2.66. The molecule has 0 spiro atoms. The largest absolute Gasteiger partial charge is 0.314 e. The minimum atomic E-state index is 0.640. The third kappa shape index (κ3) is 4.55. The SMILES string of the molecule is CC(C)CCC1(CNC(C)C)CCCC1. The molecule has 0 unspecified atom stereocenters. The Balaban J connectivity index is 2.39.